The number of rotatable bonds is 4. The smallest absolute Gasteiger partial charge is 0.0648 e. The average molecular weight is 203 g/mol. The highest BCUT2D eigenvalue weighted by molar-refractivity contribution is 5.93. The molecule has 1 aliphatic carbocycles. The highest BCUT2D eigenvalue weighted by Crippen LogP contribution is 2.36. The van der Waals surface area contributed by atoms with Crippen LogP contribution < -0.4 is 0 Å². The summed E-state index contributed by atoms with van der Waals surface area (Å²) in [5.41, 5.74) is 3.71. The minimum Gasteiger partial charge on any atom is -0.411 e. The Labute approximate surface area is 90.6 Å². The van der Waals surface area contributed by atoms with Gasteiger partial charge in [-0.1, -0.05) is 42.8 Å². The topological polar surface area (TPSA) is 32.6 Å². The lowest BCUT2D eigenvalue weighted by Crippen LogP contribution is -2.25. The van der Waals surface area contributed by atoms with E-state index in [2.05, 4.69) is 36.3 Å². The number of nitrogens with zero attached hydrogens (tertiary/aromatic N) is 1. The summed E-state index contributed by atoms with van der Waals surface area (Å²) in [5, 5.41) is 12.5. The molecule has 0 saturated heterocycles. The van der Waals surface area contributed by atoms with E-state index < -0.39 is 0 Å². The Morgan fingerprint density at radius 1 is 1.47 bits per heavy atom. The standard InChI is InChI=1S/C13H17NO/c1-2-3-8-13(14-15)12-9-10-6-4-5-7-11(10)12/h4-7,12,15H,2-3,8-9H2,1H3/b14-13+. The molecule has 1 aromatic rings. The van der Waals surface area contributed by atoms with E-state index in [1.165, 1.54) is 11.1 Å². The van der Waals surface area contributed by atoms with Gasteiger partial charge in [-0.2, -0.15) is 0 Å². The third-order valence-electron chi connectivity index (χ3n) is 3.17. The molecule has 2 nitrogen and oxygen atoms in total. The molecule has 1 aliphatic rings. The number of fused-ring (bicyclic) bond motifs is 1. The van der Waals surface area contributed by atoms with E-state index in [0.29, 0.717) is 5.92 Å². The Hall–Kier alpha value is -1.31. The summed E-state index contributed by atoms with van der Waals surface area (Å²) in [5.74, 6) is 0.373. The zero-order valence-corrected chi connectivity index (χ0v) is 9.11. The van der Waals surface area contributed by atoms with E-state index >= 15 is 0 Å². The Morgan fingerprint density at radius 3 is 2.93 bits per heavy atom. The molecule has 2 rings (SSSR count). The van der Waals surface area contributed by atoms with Gasteiger partial charge in [0.1, 0.15) is 0 Å². The van der Waals surface area contributed by atoms with Crippen LogP contribution >= 0.6 is 0 Å². The normalized spacial score (nSPS) is 19.5. The molecule has 1 N–H and O–H groups in total. The number of hydrogen-bond acceptors (Lipinski definition) is 2. The molecule has 80 valence electrons. The first-order valence-corrected chi connectivity index (χ1v) is 5.65. The minimum atomic E-state index is 0.373. The van der Waals surface area contributed by atoms with E-state index in [1.54, 1.807) is 0 Å². The molecule has 15 heavy (non-hydrogen) atoms. The van der Waals surface area contributed by atoms with Crippen LogP contribution in [0, 0.1) is 0 Å². The van der Waals surface area contributed by atoms with E-state index in [0.717, 1.165) is 31.4 Å². The highest BCUT2D eigenvalue weighted by atomic mass is 16.4. The third kappa shape index (κ3) is 1.89. The monoisotopic (exact) mass is 203 g/mol. The van der Waals surface area contributed by atoms with E-state index in [4.69, 9.17) is 5.21 Å². The SMILES string of the molecule is CCCC/C(=N\O)C1Cc2ccccc21. The lowest BCUT2D eigenvalue weighted by atomic mass is 9.74. The van der Waals surface area contributed by atoms with E-state index in [-0.39, 0.29) is 0 Å². The Kier molecular flexibility index (Phi) is 3.05. The maximum absolute atomic E-state index is 9.00. The summed E-state index contributed by atoms with van der Waals surface area (Å²) < 4.78 is 0. The average Bonchev–Trinajstić information content (AvgIpc) is 2.24. The molecule has 0 bridgehead atoms. The van der Waals surface area contributed by atoms with Gasteiger partial charge in [0, 0.05) is 5.92 Å². The zero-order chi connectivity index (χ0) is 10.7. The summed E-state index contributed by atoms with van der Waals surface area (Å²) in [4.78, 5) is 0. The van der Waals surface area contributed by atoms with Crippen molar-refractivity contribution in [3.8, 4) is 0 Å². The maximum atomic E-state index is 9.00. The van der Waals surface area contributed by atoms with Crippen LogP contribution in [0.2, 0.25) is 0 Å². The summed E-state index contributed by atoms with van der Waals surface area (Å²) in [6, 6.07) is 8.41. The Bertz CT molecular complexity index is 371. The number of benzene rings is 1. The summed E-state index contributed by atoms with van der Waals surface area (Å²) in [6.45, 7) is 2.16. The molecule has 2 heteroatoms. The number of oxime groups is 1. The quantitative estimate of drug-likeness (QED) is 0.454. The van der Waals surface area contributed by atoms with E-state index in [9.17, 15) is 0 Å². The van der Waals surface area contributed by atoms with Crippen molar-refractivity contribution < 1.29 is 5.21 Å². The van der Waals surface area contributed by atoms with Gasteiger partial charge in [-0.05, 0) is 30.4 Å². The van der Waals surface area contributed by atoms with Gasteiger partial charge >= 0.3 is 0 Å². The fraction of sp³-hybridized carbons (Fsp3) is 0.462. The van der Waals surface area contributed by atoms with Crippen LogP contribution in [-0.2, 0) is 6.42 Å². The van der Waals surface area contributed by atoms with Gasteiger partial charge in [-0.3, -0.25) is 0 Å². The molecule has 0 amide bonds. The van der Waals surface area contributed by atoms with Crippen LogP contribution in [0.1, 0.15) is 43.2 Å². The molecule has 1 aromatic carbocycles. The molecule has 1 atom stereocenters. The van der Waals surface area contributed by atoms with Crippen molar-refractivity contribution >= 4 is 5.71 Å². The van der Waals surface area contributed by atoms with Gasteiger partial charge in [0.2, 0.25) is 0 Å². The van der Waals surface area contributed by atoms with Gasteiger partial charge in [0.05, 0.1) is 5.71 Å². The molecule has 0 heterocycles. The third-order valence-corrected chi connectivity index (χ3v) is 3.17. The van der Waals surface area contributed by atoms with Crippen molar-refractivity contribution in [3.63, 3.8) is 0 Å². The summed E-state index contributed by atoms with van der Waals surface area (Å²) in [6.07, 6.45) is 4.22. The van der Waals surface area contributed by atoms with Crippen molar-refractivity contribution in [2.75, 3.05) is 0 Å². The predicted molar refractivity (Wildman–Crippen MR) is 61.6 cm³/mol. The first kappa shape index (κ1) is 10.2. The Balaban J connectivity index is 2.08. The molecule has 0 saturated carbocycles. The van der Waals surface area contributed by atoms with Gasteiger partial charge in [-0.25, -0.2) is 0 Å². The van der Waals surface area contributed by atoms with E-state index in [1.807, 2.05) is 0 Å². The molecule has 0 spiro atoms. The number of hydrogen-bond donors (Lipinski definition) is 1. The molecular formula is C13H17NO. The molecule has 1 unspecified atom stereocenters. The molecule has 0 fully saturated rings. The van der Waals surface area contributed by atoms with Crippen LogP contribution in [0.5, 0.6) is 0 Å². The van der Waals surface area contributed by atoms with Crippen molar-refractivity contribution in [2.24, 2.45) is 5.16 Å². The fourth-order valence-electron chi connectivity index (χ4n) is 2.21. The predicted octanol–water partition coefficient (Wildman–Crippen LogP) is 3.35. The summed E-state index contributed by atoms with van der Waals surface area (Å²) in [7, 11) is 0. The van der Waals surface area contributed by atoms with Gasteiger partial charge in [0.25, 0.3) is 0 Å². The van der Waals surface area contributed by atoms with Crippen molar-refractivity contribution in [3.05, 3.63) is 35.4 Å². The molecule has 0 radical (unpaired) electrons. The summed E-state index contributed by atoms with van der Waals surface area (Å²) >= 11 is 0. The zero-order valence-electron chi connectivity index (χ0n) is 9.11. The lowest BCUT2D eigenvalue weighted by Gasteiger charge is -2.30. The first-order chi connectivity index (χ1) is 7.36. The molecular weight excluding hydrogens is 186 g/mol. The second-order valence-corrected chi connectivity index (χ2v) is 4.15. The van der Waals surface area contributed by atoms with Gasteiger partial charge in [0.15, 0.2) is 0 Å². The van der Waals surface area contributed by atoms with Crippen molar-refractivity contribution in [2.45, 2.75) is 38.5 Å². The van der Waals surface area contributed by atoms with Gasteiger partial charge < -0.3 is 5.21 Å². The van der Waals surface area contributed by atoms with Crippen LogP contribution in [0.15, 0.2) is 29.4 Å². The molecule has 0 aromatic heterocycles. The van der Waals surface area contributed by atoms with Crippen LogP contribution in [0.25, 0.3) is 0 Å². The van der Waals surface area contributed by atoms with Crippen LogP contribution in [0.3, 0.4) is 0 Å². The largest absolute Gasteiger partial charge is 0.411 e. The molecule has 0 aliphatic heterocycles. The second-order valence-electron chi connectivity index (χ2n) is 4.15. The fourth-order valence-corrected chi connectivity index (χ4v) is 2.21. The minimum absolute atomic E-state index is 0.373. The van der Waals surface area contributed by atoms with Gasteiger partial charge in [-0.15, -0.1) is 0 Å². The van der Waals surface area contributed by atoms with Crippen molar-refractivity contribution in [1.29, 1.82) is 0 Å². The van der Waals surface area contributed by atoms with Crippen LogP contribution in [0.4, 0.5) is 0 Å². The maximum Gasteiger partial charge on any atom is 0.0648 e. The highest BCUT2D eigenvalue weighted by Gasteiger charge is 2.29. The second kappa shape index (κ2) is 4.47. The first-order valence-electron chi connectivity index (χ1n) is 5.65. The van der Waals surface area contributed by atoms with Crippen molar-refractivity contribution in [1.82, 2.24) is 0 Å². The lowest BCUT2D eigenvalue weighted by molar-refractivity contribution is 0.314. The number of unbranched alkanes of at least 4 members (excludes halogenated alkanes) is 1. The van der Waals surface area contributed by atoms with Crippen LogP contribution in [-0.4, -0.2) is 10.9 Å². The Morgan fingerprint density at radius 2 is 2.27 bits per heavy atom.